The summed E-state index contributed by atoms with van der Waals surface area (Å²) >= 11 is 0. The van der Waals surface area contributed by atoms with Crippen LogP contribution in [-0.4, -0.2) is 24.5 Å². The van der Waals surface area contributed by atoms with Crippen LogP contribution in [0.2, 0.25) is 0 Å². The Balaban J connectivity index is 1.74. The fourth-order valence-electron chi connectivity index (χ4n) is 3.15. The van der Waals surface area contributed by atoms with E-state index in [1.807, 2.05) is 35.2 Å². The lowest BCUT2D eigenvalue weighted by molar-refractivity contribution is -0.131. The van der Waals surface area contributed by atoms with Crippen LogP contribution in [0.1, 0.15) is 30.0 Å². The molecular formula is C19H20FNO2. The van der Waals surface area contributed by atoms with Gasteiger partial charge in [0, 0.05) is 12.1 Å². The molecule has 23 heavy (non-hydrogen) atoms. The fraction of sp³-hybridized carbons (Fsp3) is 0.316. The van der Waals surface area contributed by atoms with Crippen LogP contribution in [0, 0.1) is 5.82 Å². The van der Waals surface area contributed by atoms with E-state index in [0.29, 0.717) is 18.5 Å². The Morgan fingerprint density at radius 1 is 1.22 bits per heavy atom. The van der Waals surface area contributed by atoms with Crippen molar-refractivity contribution < 1.29 is 13.9 Å². The number of ether oxygens (including phenoxy) is 1. The summed E-state index contributed by atoms with van der Waals surface area (Å²) < 4.78 is 19.2. The van der Waals surface area contributed by atoms with E-state index in [1.165, 1.54) is 6.07 Å². The molecule has 0 spiro atoms. The van der Waals surface area contributed by atoms with Gasteiger partial charge in [0.05, 0.1) is 19.6 Å². The number of halogens is 1. The highest BCUT2D eigenvalue weighted by atomic mass is 19.1. The molecule has 1 amide bonds. The molecule has 3 rings (SSSR count). The van der Waals surface area contributed by atoms with Crippen LogP contribution in [0.15, 0.2) is 48.5 Å². The van der Waals surface area contributed by atoms with Gasteiger partial charge in [0.1, 0.15) is 11.6 Å². The maximum atomic E-state index is 14.0. The van der Waals surface area contributed by atoms with Crippen molar-refractivity contribution in [3.63, 3.8) is 0 Å². The topological polar surface area (TPSA) is 29.5 Å². The number of likely N-dealkylation sites (tertiary alicyclic amines) is 1. The summed E-state index contributed by atoms with van der Waals surface area (Å²) in [7, 11) is 1.61. The third-order valence-electron chi connectivity index (χ3n) is 4.35. The van der Waals surface area contributed by atoms with Crippen LogP contribution in [0.4, 0.5) is 4.39 Å². The van der Waals surface area contributed by atoms with Gasteiger partial charge in [-0.3, -0.25) is 4.79 Å². The summed E-state index contributed by atoms with van der Waals surface area (Å²) in [6, 6.07) is 14.1. The number of amides is 1. The van der Waals surface area contributed by atoms with Crippen molar-refractivity contribution in [2.75, 3.05) is 13.7 Å². The first-order chi connectivity index (χ1) is 11.2. The van der Waals surface area contributed by atoms with E-state index in [4.69, 9.17) is 4.74 Å². The smallest absolute Gasteiger partial charge is 0.227 e. The normalized spacial score (nSPS) is 17.3. The van der Waals surface area contributed by atoms with Crippen molar-refractivity contribution in [3.8, 4) is 5.75 Å². The molecule has 2 aromatic carbocycles. The van der Waals surface area contributed by atoms with E-state index in [1.54, 1.807) is 19.2 Å². The molecule has 1 heterocycles. The molecule has 4 heteroatoms. The summed E-state index contributed by atoms with van der Waals surface area (Å²) in [4.78, 5) is 14.4. The van der Waals surface area contributed by atoms with Crippen molar-refractivity contribution in [1.82, 2.24) is 4.90 Å². The highest BCUT2D eigenvalue weighted by molar-refractivity contribution is 5.79. The lowest BCUT2D eigenvalue weighted by atomic mass is 10.0. The standard InChI is InChI=1S/C19H20FNO2/c1-23-15-10-8-14(9-11-15)13-19(22)21-12-4-7-18(21)16-5-2-3-6-17(16)20/h2-3,5-6,8-11,18H,4,7,12-13H2,1H3/t18-/m0/s1. The molecule has 0 radical (unpaired) electrons. The van der Waals surface area contributed by atoms with Gasteiger partial charge in [0.25, 0.3) is 0 Å². The number of hydrogen-bond donors (Lipinski definition) is 0. The van der Waals surface area contributed by atoms with E-state index in [0.717, 1.165) is 24.2 Å². The Morgan fingerprint density at radius 2 is 1.96 bits per heavy atom. The molecule has 1 aliphatic heterocycles. The Labute approximate surface area is 135 Å². The average Bonchev–Trinajstić information content (AvgIpc) is 3.05. The second kappa shape index (κ2) is 6.82. The van der Waals surface area contributed by atoms with Crippen molar-refractivity contribution in [2.45, 2.75) is 25.3 Å². The average molecular weight is 313 g/mol. The van der Waals surface area contributed by atoms with Crippen LogP contribution < -0.4 is 4.74 Å². The van der Waals surface area contributed by atoms with E-state index in [2.05, 4.69) is 0 Å². The van der Waals surface area contributed by atoms with Crippen LogP contribution in [0.25, 0.3) is 0 Å². The first-order valence-corrected chi connectivity index (χ1v) is 7.86. The fourth-order valence-corrected chi connectivity index (χ4v) is 3.15. The minimum Gasteiger partial charge on any atom is -0.497 e. The van der Waals surface area contributed by atoms with E-state index in [9.17, 15) is 9.18 Å². The summed E-state index contributed by atoms with van der Waals surface area (Å²) in [6.45, 7) is 0.688. The Hall–Kier alpha value is -2.36. The molecule has 0 unspecified atom stereocenters. The van der Waals surface area contributed by atoms with E-state index < -0.39 is 0 Å². The zero-order chi connectivity index (χ0) is 16.2. The maximum absolute atomic E-state index is 14.0. The highest BCUT2D eigenvalue weighted by Crippen LogP contribution is 2.33. The second-order valence-corrected chi connectivity index (χ2v) is 5.79. The molecule has 0 N–H and O–H groups in total. The van der Waals surface area contributed by atoms with E-state index in [-0.39, 0.29) is 17.8 Å². The highest BCUT2D eigenvalue weighted by Gasteiger charge is 2.31. The number of methoxy groups -OCH3 is 1. The number of nitrogens with zero attached hydrogens (tertiary/aromatic N) is 1. The molecule has 1 saturated heterocycles. The Bertz CT molecular complexity index is 684. The Kier molecular flexibility index (Phi) is 4.60. The molecule has 1 atom stereocenters. The van der Waals surface area contributed by atoms with Crippen molar-refractivity contribution in [2.24, 2.45) is 0 Å². The SMILES string of the molecule is COc1ccc(CC(=O)N2CCC[C@H]2c2ccccc2F)cc1. The minimum atomic E-state index is -0.235. The summed E-state index contributed by atoms with van der Waals surface area (Å²) in [5.41, 5.74) is 1.56. The van der Waals surface area contributed by atoms with Gasteiger partial charge in [-0.25, -0.2) is 4.39 Å². The first-order valence-electron chi connectivity index (χ1n) is 7.86. The molecule has 1 aliphatic rings. The van der Waals surface area contributed by atoms with Crippen LogP contribution in [0.3, 0.4) is 0 Å². The van der Waals surface area contributed by atoms with Gasteiger partial charge >= 0.3 is 0 Å². The molecule has 0 aliphatic carbocycles. The van der Waals surface area contributed by atoms with Gasteiger partial charge in [0.2, 0.25) is 5.91 Å². The maximum Gasteiger partial charge on any atom is 0.227 e. The van der Waals surface area contributed by atoms with Crippen molar-refractivity contribution >= 4 is 5.91 Å². The molecule has 2 aromatic rings. The summed E-state index contributed by atoms with van der Waals surface area (Å²) in [5, 5.41) is 0. The first kappa shape index (κ1) is 15.5. The summed E-state index contributed by atoms with van der Waals surface area (Å²) in [5.74, 6) is 0.578. The monoisotopic (exact) mass is 313 g/mol. The molecule has 0 aromatic heterocycles. The molecule has 0 saturated carbocycles. The van der Waals surface area contributed by atoms with Gasteiger partial charge in [-0.05, 0) is 36.6 Å². The van der Waals surface area contributed by atoms with Crippen LogP contribution in [0.5, 0.6) is 5.75 Å². The number of rotatable bonds is 4. The largest absolute Gasteiger partial charge is 0.497 e. The lowest BCUT2D eigenvalue weighted by Crippen LogP contribution is -2.32. The predicted octanol–water partition coefficient (Wildman–Crippen LogP) is 3.74. The van der Waals surface area contributed by atoms with Crippen molar-refractivity contribution in [3.05, 3.63) is 65.5 Å². The minimum absolute atomic E-state index is 0.0425. The van der Waals surface area contributed by atoms with Gasteiger partial charge in [-0.2, -0.15) is 0 Å². The van der Waals surface area contributed by atoms with Gasteiger partial charge in [0.15, 0.2) is 0 Å². The third kappa shape index (κ3) is 3.36. The zero-order valence-corrected chi connectivity index (χ0v) is 13.2. The molecule has 1 fully saturated rings. The number of hydrogen-bond acceptors (Lipinski definition) is 2. The molecule has 0 bridgehead atoms. The van der Waals surface area contributed by atoms with Gasteiger partial charge in [-0.1, -0.05) is 30.3 Å². The molecule has 3 nitrogen and oxygen atoms in total. The number of carbonyl (C=O) groups excluding carboxylic acids is 1. The second-order valence-electron chi connectivity index (χ2n) is 5.79. The van der Waals surface area contributed by atoms with Crippen LogP contribution in [-0.2, 0) is 11.2 Å². The van der Waals surface area contributed by atoms with Crippen molar-refractivity contribution in [1.29, 1.82) is 0 Å². The quantitative estimate of drug-likeness (QED) is 0.860. The number of carbonyl (C=O) groups is 1. The van der Waals surface area contributed by atoms with E-state index >= 15 is 0 Å². The Morgan fingerprint density at radius 3 is 2.65 bits per heavy atom. The molecule has 120 valence electrons. The van der Waals surface area contributed by atoms with Gasteiger partial charge in [-0.15, -0.1) is 0 Å². The van der Waals surface area contributed by atoms with Crippen LogP contribution >= 0.6 is 0 Å². The predicted molar refractivity (Wildman–Crippen MR) is 86.8 cm³/mol. The third-order valence-corrected chi connectivity index (χ3v) is 4.35. The lowest BCUT2D eigenvalue weighted by Gasteiger charge is -2.25. The van der Waals surface area contributed by atoms with Gasteiger partial charge < -0.3 is 9.64 Å². The molecular weight excluding hydrogens is 293 g/mol. The number of benzene rings is 2. The zero-order valence-electron chi connectivity index (χ0n) is 13.2. The summed E-state index contributed by atoms with van der Waals surface area (Å²) in [6.07, 6.45) is 2.05.